The highest BCUT2D eigenvalue weighted by Crippen LogP contribution is 2.32. The van der Waals surface area contributed by atoms with Crippen LogP contribution in [0.1, 0.15) is 28.4 Å². The molecule has 1 aromatic heterocycles. The Bertz CT molecular complexity index is 635. The van der Waals surface area contributed by atoms with E-state index >= 15 is 0 Å². The Balaban J connectivity index is 2.22. The van der Waals surface area contributed by atoms with Gasteiger partial charge in [-0.15, -0.1) is 0 Å². The SMILES string of the molecule is CCOC(=O)c1cnn(Cc2ccccc2C(F)(F)F)c1. The fourth-order valence-corrected chi connectivity index (χ4v) is 1.88. The van der Waals surface area contributed by atoms with Gasteiger partial charge in [-0.25, -0.2) is 4.79 Å². The van der Waals surface area contributed by atoms with Crippen LogP contribution in [0.4, 0.5) is 13.2 Å². The van der Waals surface area contributed by atoms with Gasteiger partial charge in [0.1, 0.15) is 0 Å². The number of hydrogen-bond donors (Lipinski definition) is 0. The molecule has 0 saturated carbocycles. The van der Waals surface area contributed by atoms with Crippen molar-refractivity contribution >= 4 is 5.97 Å². The first-order valence-electron chi connectivity index (χ1n) is 6.26. The molecule has 0 aliphatic heterocycles. The Morgan fingerprint density at radius 2 is 2.05 bits per heavy atom. The first kappa shape index (κ1) is 15.1. The number of alkyl halides is 3. The number of rotatable bonds is 4. The molecule has 0 fully saturated rings. The summed E-state index contributed by atoms with van der Waals surface area (Å²) in [6, 6.07) is 5.26. The molecule has 0 radical (unpaired) electrons. The third-order valence-corrected chi connectivity index (χ3v) is 2.80. The van der Waals surface area contributed by atoms with Crippen molar-refractivity contribution in [2.45, 2.75) is 19.6 Å². The second kappa shape index (κ2) is 5.99. The molecule has 1 heterocycles. The summed E-state index contributed by atoms with van der Waals surface area (Å²) in [4.78, 5) is 11.5. The van der Waals surface area contributed by atoms with Gasteiger partial charge < -0.3 is 4.74 Å². The first-order chi connectivity index (χ1) is 9.91. The van der Waals surface area contributed by atoms with Crippen molar-refractivity contribution in [3.63, 3.8) is 0 Å². The lowest BCUT2D eigenvalue weighted by atomic mass is 10.1. The predicted octanol–water partition coefficient (Wildman–Crippen LogP) is 3.13. The number of benzene rings is 1. The van der Waals surface area contributed by atoms with Gasteiger partial charge in [0.25, 0.3) is 0 Å². The van der Waals surface area contributed by atoms with Gasteiger partial charge in [0.2, 0.25) is 0 Å². The van der Waals surface area contributed by atoms with E-state index in [-0.39, 0.29) is 24.3 Å². The summed E-state index contributed by atoms with van der Waals surface area (Å²) in [6.45, 7) is 1.82. The van der Waals surface area contributed by atoms with Crippen molar-refractivity contribution in [3.05, 3.63) is 53.3 Å². The molecule has 0 aliphatic rings. The maximum atomic E-state index is 12.9. The number of esters is 1. The fraction of sp³-hybridized carbons (Fsp3) is 0.286. The standard InChI is InChI=1S/C14H13F3N2O2/c1-2-21-13(20)11-7-18-19(9-11)8-10-5-3-4-6-12(10)14(15,16)17/h3-7,9H,2,8H2,1H3. The average molecular weight is 298 g/mol. The summed E-state index contributed by atoms with van der Waals surface area (Å²) in [5.41, 5.74) is -0.414. The van der Waals surface area contributed by atoms with Crippen LogP contribution in [-0.2, 0) is 17.5 Å². The Kier molecular flexibility index (Phi) is 4.30. The Morgan fingerprint density at radius 1 is 1.33 bits per heavy atom. The molecule has 2 aromatic rings. The fourth-order valence-electron chi connectivity index (χ4n) is 1.88. The molecule has 0 saturated heterocycles. The quantitative estimate of drug-likeness (QED) is 0.815. The summed E-state index contributed by atoms with van der Waals surface area (Å²) in [5.74, 6) is -0.548. The number of ether oxygens (including phenoxy) is 1. The van der Waals surface area contributed by atoms with E-state index in [9.17, 15) is 18.0 Å². The Morgan fingerprint density at radius 3 is 2.71 bits per heavy atom. The molecule has 0 amide bonds. The lowest BCUT2D eigenvalue weighted by Gasteiger charge is -2.12. The molecule has 0 atom stereocenters. The van der Waals surface area contributed by atoms with E-state index in [2.05, 4.69) is 5.10 Å². The van der Waals surface area contributed by atoms with Gasteiger partial charge >= 0.3 is 12.1 Å². The van der Waals surface area contributed by atoms with Gasteiger partial charge in [0, 0.05) is 6.20 Å². The highest BCUT2D eigenvalue weighted by molar-refractivity contribution is 5.88. The molecule has 7 heteroatoms. The van der Waals surface area contributed by atoms with Crippen molar-refractivity contribution < 1.29 is 22.7 Å². The second-order valence-corrected chi connectivity index (χ2v) is 4.30. The number of carbonyl (C=O) groups excluding carboxylic acids is 1. The Labute approximate surface area is 119 Å². The molecule has 1 aromatic carbocycles. The summed E-state index contributed by atoms with van der Waals surface area (Å²) in [5, 5.41) is 3.89. The average Bonchev–Trinajstić information content (AvgIpc) is 2.87. The number of aromatic nitrogens is 2. The van der Waals surface area contributed by atoms with Crippen molar-refractivity contribution in [1.29, 1.82) is 0 Å². The number of halogens is 3. The van der Waals surface area contributed by atoms with Gasteiger partial charge in [0.05, 0.1) is 30.5 Å². The topological polar surface area (TPSA) is 44.1 Å². The van der Waals surface area contributed by atoms with Crippen LogP contribution < -0.4 is 0 Å². The minimum absolute atomic E-state index is 0.0743. The highest BCUT2D eigenvalue weighted by atomic mass is 19.4. The summed E-state index contributed by atoms with van der Waals surface area (Å²) < 4.78 is 44.7. The normalized spacial score (nSPS) is 11.4. The molecule has 112 valence electrons. The third-order valence-electron chi connectivity index (χ3n) is 2.80. The van der Waals surface area contributed by atoms with Crippen molar-refractivity contribution in [2.24, 2.45) is 0 Å². The van der Waals surface area contributed by atoms with E-state index in [4.69, 9.17) is 4.74 Å². The zero-order valence-corrected chi connectivity index (χ0v) is 11.2. The minimum Gasteiger partial charge on any atom is -0.462 e. The predicted molar refractivity (Wildman–Crippen MR) is 68.7 cm³/mol. The molecule has 2 rings (SSSR count). The molecule has 0 spiro atoms. The summed E-state index contributed by atoms with van der Waals surface area (Å²) in [6.07, 6.45) is -1.78. The molecule has 4 nitrogen and oxygen atoms in total. The lowest BCUT2D eigenvalue weighted by Crippen LogP contribution is -2.12. The molecular weight excluding hydrogens is 285 g/mol. The second-order valence-electron chi connectivity index (χ2n) is 4.30. The van der Waals surface area contributed by atoms with Gasteiger partial charge in [-0.3, -0.25) is 4.68 Å². The minimum atomic E-state index is -4.42. The first-order valence-corrected chi connectivity index (χ1v) is 6.26. The van der Waals surface area contributed by atoms with Crippen LogP contribution in [0.5, 0.6) is 0 Å². The smallest absolute Gasteiger partial charge is 0.416 e. The number of hydrogen-bond acceptors (Lipinski definition) is 3. The van der Waals surface area contributed by atoms with Crippen molar-refractivity contribution in [3.8, 4) is 0 Å². The number of nitrogens with zero attached hydrogens (tertiary/aromatic N) is 2. The molecule has 0 N–H and O–H groups in total. The summed E-state index contributed by atoms with van der Waals surface area (Å²) >= 11 is 0. The zero-order valence-electron chi connectivity index (χ0n) is 11.2. The van der Waals surface area contributed by atoms with Gasteiger partial charge in [0.15, 0.2) is 0 Å². The highest BCUT2D eigenvalue weighted by Gasteiger charge is 2.32. The van der Waals surface area contributed by atoms with Crippen LogP contribution >= 0.6 is 0 Å². The van der Waals surface area contributed by atoms with E-state index in [1.54, 1.807) is 6.92 Å². The van der Waals surface area contributed by atoms with Crippen LogP contribution in [0, 0.1) is 0 Å². The van der Waals surface area contributed by atoms with Crippen LogP contribution in [0.2, 0.25) is 0 Å². The maximum absolute atomic E-state index is 12.9. The third kappa shape index (κ3) is 3.62. The number of carbonyl (C=O) groups is 1. The van der Waals surface area contributed by atoms with Crippen molar-refractivity contribution in [1.82, 2.24) is 9.78 Å². The van der Waals surface area contributed by atoms with E-state index in [1.807, 2.05) is 0 Å². The monoisotopic (exact) mass is 298 g/mol. The van der Waals surface area contributed by atoms with E-state index < -0.39 is 17.7 Å². The van der Waals surface area contributed by atoms with Crippen LogP contribution in [0.15, 0.2) is 36.7 Å². The molecular formula is C14H13F3N2O2. The molecule has 0 unspecified atom stereocenters. The van der Waals surface area contributed by atoms with Gasteiger partial charge in [-0.1, -0.05) is 18.2 Å². The van der Waals surface area contributed by atoms with Crippen LogP contribution in [-0.4, -0.2) is 22.4 Å². The molecule has 0 aliphatic carbocycles. The maximum Gasteiger partial charge on any atom is 0.416 e. The molecule has 0 bridgehead atoms. The molecule has 21 heavy (non-hydrogen) atoms. The van der Waals surface area contributed by atoms with Gasteiger partial charge in [-0.2, -0.15) is 18.3 Å². The van der Waals surface area contributed by atoms with E-state index in [0.717, 1.165) is 6.07 Å². The summed E-state index contributed by atoms with van der Waals surface area (Å²) in [7, 11) is 0. The van der Waals surface area contributed by atoms with Gasteiger partial charge in [-0.05, 0) is 18.6 Å². The van der Waals surface area contributed by atoms with Crippen LogP contribution in [0.3, 0.4) is 0 Å². The lowest BCUT2D eigenvalue weighted by molar-refractivity contribution is -0.138. The van der Waals surface area contributed by atoms with E-state index in [1.165, 1.54) is 35.3 Å². The van der Waals surface area contributed by atoms with Crippen molar-refractivity contribution in [2.75, 3.05) is 6.61 Å². The zero-order chi connectivity index (χ0) is 15.5. The van der Waals surface area contributed by atoms with E-state index in [0.29, 0.717) is 0 Å². The van der Waals surface area contributed by atoms with Crippen LogP contribution in [0.25, 0.3) is 0 Å². The largest absolute Gasteiger partial charge is 0.462 e. The Hall–Kier alpha value is -2.31.